The van der Waals surface area contributed by atoms with E-state index in [0.29, 0.717) is 45.1 Å². The summed E-state index contributed by atoms with van der Waals surface area (Å²) in [4.78, 5) is 52.5. The predicted octanol–water partition coefficient (Wildman–Crippen LogP) is 3.98. The number of carbonyl (C=O) groups excluding carboxylic acids is 2. The van der Waals surface area contributed by atoms with E-state index < -0.39 is 12.2 Å². The third-order valence-corrected chi connectivity index (χ3v) is 11.0. The van der Waals surface area contributed by atoms with E-state index in [9.17, 15) is 14.4 Å². The number of hydrogen-bond donors (Lipinski definition) is 2. The van der Waals surface area contributed by atoms with Crippen molar-refractivity contribution >= 4 is 44.7 Å². The van der Waals surface area contributed by atoms with Crippen molar-refractivity contribution in [2.24, 2.45) is 0 Å². The minimum atomic E-state index is -0.936. The zero-order chi connectivity index (χ0) is 33.5. The van der Waals surface area contributed by atoms with E-state index in [4.69, 9.17) is 4.74 Å². The first-order valence-electron chi connectivity index (χ1n) is 17.6. The number of fused-ring (bicyclic) bond motifs is 4. The molecule has 0 aliphatic carbocycles. The summed E-state index contributed by atoms with van der Waals surface area (Å²) < 4.78 is 7.95. The maximum Gasteiger partial charge on any atom is 0.410 e. The molecule has 5 aromatic rings. The number of H-pyrrole nitrogens is 2. The van der Waals surface area contributed by atoms with Gasteiger partial charge in [-0.15, -0.1) is 0 Å². The monoisotopic (exact) mass is 664 g/mol. The Morgan fingerprint density at radius 2 is 1.61 bits per heavy atom. The number of amides is 2. The number of imidazole rings is 1. The van der Waals surface area contributed by atoms with Crippen LogP contribution in [0.25, 0.3) is 32.7 Å². The van der Waals surface area contributed by atoms with Gasteiger partial charge in [-0.2, -0.15) is 5.10 Å². The Morgan fingerprint density at radius 3 is 2.41 bits per heavy atom. The van der Waals surface area contributed by atoms with Crippen LogP contribution < -0.4 is 5.69 Å². The number of nitrogens with zero attached hydrogens (tertiary/aromatic N) is 6. The van der Waals surface area contributed by atoms with Gasteiger partial charge < -0.3 is 24.4 Å². The van der Waals surface area contributed by atoms with E-state index >= 15 is 0 Å². The fourth-order valence-electron chi connectivity index (χ4n) is 8.12. The van der Waals surface area contributed by atoms with Gasteiger partial charge >= 0.3 is 11.8 Å². The van der Waals surface area contributed by atoms with Crippen molar-refractivity contribution in [3.05, 3.63) is 76.8 Å². The van der Waals surface area contributed by atoms with Crippen LogP contribution >= 0.6 is 0 Å². The quantitative estimate of drug-likeness (QED) is 0.282. The highest BCUT2D eigenvalue weighted by molar-refractivity contribution is 6.04. The van der Waals surface area contributed by atoms with Gasteiger partial charge in [0.25, 0.3) is 5.91 Å². The van der Waals surface area contributed by atoms with Crippen molar-refractivity contribution in [2.75, 3.05) is 59.4 Å². The number of likely N-dealkylation sites (tertiary alicyclic amines) is 2. The first-order valence-corrected chi connectivity index (χ1v) is 17.6. The smallest absolute Gasteiger partial charge is 0.410 e. The standard InChI is InChI=1S/C37H44N8O4/c1-41-14-10-28(11-15-41)42-18-20-43(21-19-42)35(46)33(23-25-6-8-31-27(22-25)24-38-40-31)49-37(48)44-16-12-29(13-17-44)45-32-9-7-26-4-2-3-5-30(26)34(32)39-36(45)47/h2-9,22,24,28-29,33H,10-21,23H2,1H3,(H,38,40)(H,39,47)/t33-/m1/s1. The van der Waals surface area contributed by atoms with Gasteiger partial charge in [0.15, 0.2) is 6.10 Å². The van der Waals surface area contributed by atoms with Crippen molar-refractivity contribution in [1.29, 1.82) is 0 Å². The summed E-state index contributed by atoms with van der Waals surface area (Å²) in [5, 5.41) is 10.1. The van der Waals surface area contributed by atoms with Gasteiger partial charge in [0.2, 0.25) is 0 Å². The molecule has 2 amide bonds. The molecule has 3 aromatic carbocycles. The second kappa shape index (κ2) is 13.3. The Hall–Kier alpha value is -4.68. The Bertz CT molecular complexity index is 2030. The number of nitrogens with one attached hydrogen (secondary N) is 2. The van der Waals surface area contributed by atoms with E-state index in [1.54, 1.807) is 11.1 Å². The molecule has 8 rings (SSSR count). The van der Waals surface area contributed by atoms with Gasteiger partial charge in [-0.05, 0) is 75.0 Å². The van der Waals surface area contributed by atoms with Gasteiger partial charge in [0.05, 0.1) is 22.7 Å². The molecule has 3 saturated heterocycles. The Kier molecular flexibility index (Phi) is 8.58. The van der Waals surface area contributed by atoms with Crippen LogP contribution in [0.3, 0.4) is 0 Å². The molecular formula is C37H44N8O4. The number of benzene rings is 3. The van der Waals surface area contributed by atoms with Crippen LogP contribution in [-0.2, 0) is 16.0 Å². The van der Waals surface area contributed by atoms with Crippen LogP contribution in [0.5, 0.6) is 0 Å². The molecular weight excluding hydrogens is 620 g/mol. The SMILES string of the molecule is CN1CCC(N2CCN(C(=O)[C@@H](Cc3ccc4[nH]ncc4c3)OC(=O)N3CCC(n4c(=O)[nH]c5c6ccccc6ccc54)CC3)CC2)CC1. The number of aromatic amines is 2. The molecule has 1 atom stereocenters. The average Bonchev–Trinajstić information content (AvgIpc) is 3.75. The summed E-state index contributed by atoms with van der Waals surface area (Å²) in [7, 11) is 2.17. The zero-order valence-electron chi connectivity index (χ0n) is 28.0. The van der Waals surface area contributed by atoms with E-state index in [-0.39, 0.29) is 24.1 Å². The number of ether oxygens (including phenoxy) is 1. The van der Waals surface area contributed by atoms with Gasteiger partial charge in [0.1, 0.15) is 0 Å². The van der Waals surface area contributed by atoms with Gasteiger partial charge in [-0.1, -0.05) is 36.4 Å². The molecule has 12 nitrogen and oxygen atoms in total. The van der Waals surface area contributed by atoms with E-state index in [0.717, 1.165) is 77.3 Å². The Balaban J connectivity index is 0.949. The van der Waals surface area contributed by atoms with E-state index in [2.05, 4.69) is 32.0 Å². The van der Waals surface area contributed by atoms with E-state index in [1.807, 2.05) is 64.1 Å². The fraction of sp³-hybridized carbons (Fsp3) is 0.459. The Labute approximate surface area is 284 Å². The summed E-state index contributed by atoms with van der Waals surface area (Å²) in [5.74, 6) is -0.142. The molecule has 0 radical (unpaired) electrons. The second-order valence-electron chi connectivity index (χ2n) is 14.0. The summed E-state index contributed by atoms with van der Waals surface area (Å²) >= 11 is 0. The van der Waals surface area contributed by atoms with Crippen molar-refractivity contribution in [3.8, 4) is 0 Å². The van der Waals surface area contributed by atoms with Crippen molar-refractivity contribution in [2.45, 2.75) is 50.3 Å². The molecule has 0 spiro atoms. The molecule has 0 unspecified atom stereocenters. The van der Waals surface area contributed by atoms with Gasteiger partial charge in [-0.25, -0.2) is 9.59 Å². The molecule has 3 aliphatic heterocycles. The van der Waals surface area contributed by atoms with Crippen LogP contribution in [0.4, 0.5) is 4.79 Å². The number of piperazine rings is 1. The summed E-state index contributed by atoms with van der Waals surface area (Å²) in [6.45, 7) is 6.00. The summed E-state index contributed by atoms with van der Waals surface area (Å²) in [6, 6.07) is 18.5. The first-order chi connectivity index (χ1) is 23.9. The fourth-order valence-corrected chi connectivity index (χ4v) is 8.12. The lowest BCUT2D eigenvalue weighted by atomic mass is 10.0. The minimum Gasteiger partial charge on any atom is -0.436 e. The predicted molar refractivity (Wildman–Crippen MR) is 189 cm³/mol. The number of aromatic nitrogens is 4. The van der Waals surface area contributed by atoms with Crippen molar-refractivity contribution < 1.29 is 14.3 Å². The maximum atomic E-state index is 14.1. The second-order valence-corrected chi connectivity index (χ2v) is 14.0. The molecule has 3 aliphatic rings. The van der Waals surface area contributed by atoms with E-state index in [1.165, 1.54) is 0 Å². The Morgan fingerprint density at radius 1 is 0.857 bits per heavy atom. The third kappa shape index (κ3) is 6.30. The molecule has 3 fully saturated rings. The average molecular weight is 665 g/mol. The van der Waals surface area contributed by atoms with Crippen LogP contribution in [0.15, 0.2) is 65.6 Å². The summed E-state index contributed by atoms with van der Waals surface area (Å²) in [6.07, 6.45) is 4.17. The van der Waals surface area contributed by atoms with Crippen molar-refractivity contribution in [1.82, 2.24) is 39.3 Å². The maximum absolute atomic E-state index is 14.1. The van der Waals surface area contributed by atoms with Crippen LogP contribution in [0.1, 0.15) is 37.3 Å². The van der Waals surface area contributed by atoms with Gasteiger partial charge in [-0.3, -0.25) is 19.4 Å². The lowest BCUT2D eigenvalue weighted by Crippen LogP contribution is -2.56. The highest BCUT2D eigenvalue weighted by Gasteiger charge is 2.35. The molecule has 0 bridgehead atoms. The molecule has 2 aromatic heterocycles. The number of hydrogen-bond acceptors (Lipinski definition) is 7. The normalized spacial score (nSPS) is 19.6. The van der Waals surface area contributed by atoms with Crippen molar-refractivity contribution in [3.63, 3.8) is 0 Å². The van der Waals surface area contributed by atoms with Gasteiger partial charge in [0, 0.05) is 68.5 Å². The van der Waals surface area contributed by atoms with Crippen LogP contribution in [0.2, 0.25) is 0 Å². The topological polar surface area (TPSA) is 123 Å². The molecule has 256 valence electrons. The number of rotatable bonds is 6. The molecule has 2 N–H and O–H groups in total. The molecule has 12 heteroatoms. The largest absolute Gasteiger partial charge is 0.436 e. The summed E-state index contributed by atoms with van der Waals surface area (Å²) in [5.41, 5.74) is 3.41. The number of carbonyl (C=O) groups is 2. The van der Waals surface area contributed by atoms with Crippen LogP contribution in [0, 0.1) is 0 Å². The lowest BCUT2D eigenvalue weighted by molar-refractivity contribution is -0.143. The lowest BCUT2D eigenvalue weighted by Gasteiger charge is -2.42. The zero-order valence-corrected chi connectivity index (χ0v) is 28.0. The molecule has 5 heterocycles. The first kappa shape index (κ1) is 31.6. The third-order valence-electron chi connectivity index (χ3n) is 11.0. The highest BCUT2D eigenvalue weighted by atomic mass is 16.6. The molecule has 0 saturated carbocycles. The highest BCUT2D eigenvalue weighted by Crippen LogP contribution is 2.29. The number of piperidine rings is 2. The van der Waals surface area contributed by atoms with Crippen LogP contribution in [-0.4, -0.2) is 123 Å². The molecule has 49 heavy (non-hydrogen) atoms. The minimum absolute atomic E-state index is 0.0496.